The molecule has 8 aromatic rings. The van der Waals surface area contributed by atoms with Crippen molar-refractivity contribution in [1.29, 1.82) is 5.26 Å². The largest absolute Gasteiger partial charge is 0.310 e. The first kappa shape index (κ1) is 32.7. The van der Waals surface area contributed by atoms with Gasteiger partial charge in [0.25, 0.3) is 0 Å². The second-order valence-corrected chi connectivity index (χ2v) is 15.2. The van der Waals surface area contributed by atoms with Crippen molar-refractivity contribution < 1.29 is 0 Å². The van der Waals surface area contributed by atoms with Crippen LogP contribution < -0.4 is 4.90 Å². The van der Waals surface area contributed by atoms with Gasteiger partial charge in [0.1, 0.15) is 0 Å². The fraction of sp³-hybridized carbons (Fsp3) is 0.0755. The summed E-state index contributed by atoms with van der Waals surface area (Å²) in [6.07, 6.45) is 0. The molecule has 260 valence electrons. The normalized spacial score (nSPS) is 13.9. The van der Waals surface area contributed by atoms with E-state index in [1.165, 1.54) is 55.6 Å². The van der Waals surface area contributed by atoms with Crippen molar-refractivity contribution in [3.63, 3.8) is 0 Å². The van der Waals surface area contributed by atoms with Gasteiger partial charge < -0.3 is 4.90 Å². The van der Waals surface area contributed by atoms with Crippen LogP contribution in [0.25, 0.3) is 33.4 Å². The van der Waals surface area contributed by atoms with Crippen LogP contribution in [0.15, 0.2) is 194 Å². The molecule has 0 amide bonds. The van der Waals surface area contributed by atoms with Gasteiger partial charge in [0, 0.05) is 22.4 Å². The van der Waals surface area contributed by atoms with Crippen LogP contribution in [0.5, 0.6) is 0 Å². The fourth-order valence-electron chi connectivity index (χ4n) is 9.46. The second-order valence-electron chi connectivity index (χ2n) is 15.2. The maximum atomic E-state index is 9.39. The zero-order valence-corrected chi connectivity index (χ0v) is 30.9. The van der Waals surface area contributed by atoms with E-state index in [4.69, 9.17) is 0 Å². The Morgan fingerprint density at radius 2 is 0.964 bits per heavy atom. The lowest BCUT2D eigenvalue weighted by Gasteiger charge is -2.34. The van der Waals surface area contributed by atoms with Gasteiger partial charge in [-0.2, -0.15) is 5.26 Å². The van der Waals surface area contributed by atoms with Gasteiger partial charge >= 0.3 is 0 Å². The highest BCUT2D eigenvalue weighted by atomic mass is 15.1. The van der Waals surface area contributed by atoms with Crippen LogP contribution in [-0.2, 0) is 10.8 Å². The molecule has 0 heterocycles. The van der Waals surface area contributed by atoms with Gasteiger partial charge in [-0.3, -0.25) is 0 Å². The lowest BCUT2D eigenvalue weighted by Crippen LogP contribution is -2.28. The highest BCUT2D eigenvalue weighted by Crippen LogP contribution is 2.60. The highest BCUT2D eigenvalue weighted by molar-refractivity contribution is 5.98. The Morgan fingerprint density at radius 1 is 0.436 bits per heavy atom. The molecule has 10 rings (SSSR count). The van der Waals surface area contributed by atoms with E-state index in [0.717, 1.165) is 28.2 Å². The fourth-order valence-corrected chi connectivity index (χ4v) is 9.46. The minimum absolute atomic E-state index is 0.145. The number of hydrogen-bond acceptors (Lipinski definition) is 2. The van der Waals surface area contributed by atoms with Crippen molar-refractivity contribution >= 4 is 17.1 Å². The third-order valence-electron chi connectivity index (χ3n) is 12.0. The average molecular weight is 703 g/mol. The topological polar surface area (TPSA) is 27.0 Å². The van der Waals surface area contributed by atoms with Crippen molar-refractivity contribution in [3.8, 4) is 39.4 Å². The predicted octanol–water partition coefficient (Wildman–Crippen LogP) is 13.4. The second kappa shape index (κ2) is 12.6. The van der Waals surface area contributed by atoms with Crippen LogP contribution in [0.4, 0.5) is 17.1 Å². The first-order chi connectivity index (χ1) is 27.0. The summed E-state index contributed by atoms with van der Waals surface area (Å²) in [6, 6.07) is 72.7. The van der Waals surface area contributed by atoms with Gasteiger partial charge in [0.2, 0.25) is 0 Å². The monoisotopic (exact) mass is 702 g/mol. The molecule has 0 bridgehead atoms. The average Bonchev–Trinajstić information content (AvgIpc) is 3.68. The Morgan fingerprint density at radius 3 is 1.62 bits per heavy atom. The summed E-state index contributed by atoms with van der Waals surface area (Å²) in [7, 11) is 0. The van der Waals surface area contributed by atoms with Crippen molar-refractivity contribution in [1.82, 2.24) is 0 Å². The summed E-state index contributed by atoms with van der Waals surface area (Å²) >= 11 is 0. The number of nitrogens with zero attached hydrogens (tertiary/aromatic N) is 2. The smallest absolute Gasteiger partial charge is 0.0991 e. The van der Waals surface area contributed by atoms with Crippen molar-refractivity contribution in [2.45, 2.75) is 24.7 Å². The van der Waals surface area contributed by atoms with Crippen LogP contribution >= 0.6 is 0 Å². The minimum Gasteiger partial charge on any atom is -0.310 e. The predicted molar refractivity (Wildman–Crippen MR) is 226 cm³/mol. The first-order valence-corrected chi connectivity index (χ1v) is 19.0. The number of hydrogen-bond donors (Lipinski definition) is 0. The summed E-state index contributed by atoms with van der Waals surface area (Å²) in [4.78, 5) is 2.46. The maximum Gasteiger partial charge on any atom is 0.0991 e. The lowest BCUT2D eigenvalue weighted by atomic mass is 9.68. The van der Waals surface area contributed by atoms with E-state index in [9.17, 15) is 5.26 Å². The molecule has 0 fully saturated rings. The molecule has 0 saturated carbocycles. The first-order valence-electron chi connectivity index (χ1n) is 19.0. The van der Waals surface area contributed by atoms with E-state index in [0.29, 0.717) is 5.56 Å². The van der Waals surface area contributed by atoms with Gasteiger partial charge in [-0.1, -0.05) is 166 Å². The molecule has 8 aromatic carbocycles. The minimum atomic E-state index is -0.503. The summed E-state index contributed by atoms with van der Waals surface area (Å²) in [5.41, 5.74) is 18.4. The Balaban J connectivity index is 1.23. The van der Waals surface area contributed by atoms with Crippen molar-refractivity contribution in [3.05, 3.63) is 233 Å². The number of fused-ring (bicyclic) bond motifs is 6. The number of benzene rings is 8. The molecule has 55 heavy (non-hydrogen) atoms. The van der Waals surface area contributed by atoms with E-state index in [1.807, 2.05) is 24.3 Å². The van der Waals surface area contributed by atoms with Crippen LogP contribution in [0, 0.1) is 11.3 Å². The van der Waals surface area contributed by atoms with E-state index in [1.54, 1.807) is 0 Å². The van der Waals surface area contributed by atoms with Crippen molar-refractivity contribution in [2.24, 2.45) is 0 Å². The third-order valence-corrected chi connectivity index (χ3v) is 12.0. The number of nitriles is 1. The molecule has 0 unspecified atom stereocenters. The maximum absolute atomic E-state index is 9.39. The molecule has 2 aliphatic rings. The Kier molecular flexibility index (Phi) is 7.48. The zero-order valence-electron chi connectivity index (χ0n) is 30.9. The third kappa shape index (κ3) is 4.87. The number of anilines is 3. The van der Waals surface area contributed by atoms with Crippen molar-refractivity contribution in [2.75, 3.05) is 4.90 Å². The molecule has 0 atom stereocenters. The molecular weight excluding hydrogens is 665 g/mol. The molecule has 0 aliphatic heterocycles. The van der Waals surface area contributed by atoms with Gasteiger partial charge in [0.15, 0.2) is 0 Å². The summed E-state index contributed by atoms with van der Waals surface area (Å²) in [6.45, 7) is 4.70. The zero-order chi connectivity index (χ0) is 37.1. The Bertz CT molecular complexity index is 2730. The molecular formula is C53H38N2. The molecule has 2 heteroatoms. The molecule has 0 N–H and O–H groups in total. The molecule has 0 aromatic heterocycles. The molecule has 2 aliphatic carbocycles. The van der Waals surface area contributed by atoms with Gasteiger partial charge in [-0.05, 0) is 104 Å². The van der Waals surface area contributed by atoms with Gasteiger partial charge in [-0.15, -0.1) is 0 Å². The number of rotatable bonds is 6. The van der Waals surface area contributed by atoms with Gasteiger partial charge in [-0.25, -0.2) is 0 Å². The van der Waals surface area contributed by atoms with E-state index >= 15 is 0 Å². The Hall–Kier alpha value is -6.95. The summed E-state index contributed by atoms with van der Waals surface area (Å²) in [5.74, 6) is 0. The van der Waals surface area contributed by atoms with E-state index in [2.05, 4.69) is 195 Å². The quantitative estimate of drug-likeness (QED) is 0.172. The van der Waals surface area contributed by atoms with Crippen LogP contribution in [0.2, 0.25) is 0 Å². The van der Waals surface area contributed by atoms with E-state index in [-0.39, 0.29) is 5.41 Å². The lowest BCUT2D eigenvalue weighted by molar-refractivity contribution is 0.660. The highest BCUT2D eigenvalue weighted by Gasteiger charge is 2.47. The van der Waals surface area contributed by atoms with Gasteiger partial charge in [0.05, 0.1) is 22.7 Å². The molecule has 0 radical (unpaired) electrons. The van der Waals surface area contributed by atoms with Crippen LogP contribution in [0.1, 0.15) is 52.8 Å². The van der Waals surface area contributed by atoms with Crippen LogP contribution in [0.3, 0.4) is 0 Å². The molecule has 0 spiro atoms. The SMILES string of the molecule is CC1(C)c2ccccc2-c2ccc(N(c3ccc(-c4ccc(C#N)cc4)cc3)c3cccc4c3-c3ccccc3C4(c3ccccc3)c3ccccc3)cc21. The molecule has 0 saturated heterocycles. The summed E-state index contributed by atoms with van der Waals surface area (Å²) in [5, 5.41) is 9.39. The summed E-state index contributed by atoms with van der Waals surface area (Å²) < 4.78 is 0. The Labute approximate surface area is 323 Å². The van der Waals surface area contributed by atoms with Crippen LogP contribution in [-0.4, -0.2) is 0 Å². The standard InChI is InChI=1S/C53H38N2/c1-52(2)46-20-11-9-18-43(46)44-33-32-42(34-49(44)52)55(41-30-28-38(29-31-41)37-26-24-36(35-54)25-27-37)50-23-13-22-48-51(50)45-19-10-12-21-47(45)53(48,39-14-5-3-6-15-39)40-16-7-4-8-17-40/h3-34H,1-2H3. The molecule has 2 nitrogen and oxygen atoms in total. The van der Waals surface area contributed by atoms with E-state index < -0.39 is 5.41 Å².